The zero-order chi connectivity index (χ0) is 41.7. The molecule has 0 aliphatic heterocycles. The van der Waals surface area contributed by atoms with Crippen LogP contribution >= 0.6 is 11.3 Å². The molecule has 0 saturated carbocycles. The Balaban J connectivity index is 1.03. The fourth-order valence-electron chi connectivity index (χ4n) is 9.00. The SMILES string of the molecule is c1ccc(-c2nc(-c3ccccc3)nc(-c3cc(-c4ccc(-c5cccc6c5sc5ccccc56)cc4)cc(-c4cccc(-c5cc6ccccc6c6ccccc56)c4)c3)n2)cc1. The maximum atomic E-state index is 5.18. The summed E-state index contributed by atoms with van der Waals surface area (Å²) in [6.07, 6.45) is 0. The Hall–Kier alpha value is -8.05. The molecule has 0 spiro atoms. The Morgan fingerprint density at radius 3 is 1.48 bits per heavy atom. The fraction of sp³-hybridized carbons (Fsp3) is 0. The van der Waals surface area contributed by atoms with Crippen molar-refractivity contribution in [1.82, 2.24) is 15.0 Å². The molecule has 294 valence electrons. The maximum Gasteiger partial charge on any atom is 0.164 e. The second-order valence-corrected chi connectivity index (χ2v) is 17.0. The van der Waals surface area contributed by atoms with Gasteiger partial charge in [0.15, 0.2) is 17.5 Å². The number of nitrogens with zero attached hydrogens (tertiary/aromatic N) is 3. The number of rotatable bonds is 7. The molecule has 3 nitrogen and oxygen atoms in total. The second-order valence-electron chi connectivity index (χ2n) is 16.0. The quantitative estimate of drug-likeness (QED) is 0.150. The number of hydrogen-bond acceptors (Lipinski definition) is 4. The van der Waals surface area contributed by atoms with Crippen LogP contribution in [0.5, 0.6) is 0 Å². The van der Waals surface area contributed by atoms with Crippen molar-refractivity contribution in [3.8, 4) is 78.7 Å². The van der Waals surface area contributed by atoms with Crippen LogP contribution in [-0.4, -0.2) is 15.0 Å². The van der Waals surface area contributed by atoms with Gasteiger partial charge in [-0.2, -0.15) is 0 Å². The molecular weight excluding hydrogens is 783 g/mol. The lowest BCUT2D eigenvalue weighted by Gasteiger charge is -2.15. The van der Waals surface area contributed by atoms with Crippen molar-refractivity contribution in [2.45, 2.75) is 0 Å². The Kier molecular flexibility index (Phi) is 9.02. The summed E-state index contributed by atoms with van der Waals surface area (Å²) in [7, 11) is 0. The molecule has 0 radical (unpaired) electrons. The first kappa shape index (κ1) is 36.8. The van der Waals surface area contributed by atoms with Gasteiger partial charge in [-0.15, -0.1) is 11.3 Å². The lowest BCUT2D eigenvalue weighted by Crippen LogP contribution is -2.00. The minimum atomic E-state index is 0.621. The van der Waals surface area contributed by atoms with Crippen LogP contribution in [0.15, 0.2) is 224 Å². The summed E-state index contributed by atoms with van der Waals surface area (Å²) < 4.78 is 2.62. The van der Waals surface area contributed by atoms with Crippen molar-refractivity contribution in [2.24, 2.45) is 0 Å². The number of aromatic nitrogens is 3. The van der Waals surface area contributed by atoms with Gasteiger partial charge >= 0.3 is 0 Å². The monoisotopic (exact) mass is 819 g/mol. The molecule has 0 aliphatic carbocycles. The maximum absolute atomic E-state index is 5.18. The van der Waals surface area contributed by atoms with Crippen molar-refractivity contribution >= 4 is 53.1 Å². The van der Waals surface area contributed by atoms with E-state index in [0.717, 1.165) is 38.9 Å². The molecular formula is C59H37N3S. The predicted molar refractivity (Wildman–Crippen MR) is 266 cm³/mol. The molecule has 2 heterocycles. The normalized spacial score (nSPS) is 11.5. The van der Waals surface area contributed by atoms with Crippen LogP contribution in [0.4, 0.5) is 0 Å². The molecule has 0 atom stereocenters. The van der Waals surface area contributed by atoms with Crippen LogP contribution in [0, 0.1) is 0 Å². The molecule has 0 bridgehead atoms. The van der Waals surface area contributed by atoms with Crippen LogP contribution in [0.25, 0.3) is 120 Å². The molecule has 12 rings (SSSR count). The van der Waals surface area contributed by atoms with Gasteiger partial charge in [0.05, 0.1) is 0 Å². The smallest absolute Gasteiger partial charge is 0.164 e. The van der Waals surface area contributed by atoms with E-state index >= 15 is 0 Å². The highest BCUT2D eigenvalue weighted by Gasteiger charge is 2.17. The Morgan fingerprint density at radius 2 is 0.746 bits per heavy atom. The summed E-state index contributed by atoms with van der Waals surface area (Å²) in [6, 6.07) is 80.2. The zero-order valence-electron chi connectivity index (χ0n) is 34.1. The van der Waals surface area contributed by atoms with E-state index in [2.05, 4.69) is 188 Å². The minimum absolute atomic E-state index is 0.621. The Bertz CT molecular complexity index is 3610. The van der Waals surface area contributed by atoms with E-state index in [1.54, 1.807) is 0 Å². The van der Waals surface area contributed by atoms with Crippen molar-refractivity contribution in [2.75, 3.05) is 0 Å². The van der Waals surface area contributed by atoms with Gasteiger partial charge in [-0.1, -0.05) is 188 Å². The van der Waals surface area contributed by atoms with Crippen molar-refractivity contribution in [1.29, 1.82) is 0 Å². The average Bonchev–Trinajstić information content (AvgIpc) is 3.76. The first-order valence-corrected chi connectivity index (χ1v) is 22.1. The molecule has 4 heteroatoms. The molecule has 63 heavy (non-hydrogen) atoms. The van der Waals surface area contributed by atoms with E-state index in [1.165, 1.54) is 64.0 Å². The van der Waals surface area contributed by atoms with Gasteiger partial charge in [-0.3, -0.25) is 0 Å². The van der Waals surface area contributed by atoms with Gasteiger partial charge in [0, 0.05) is 36.9 Å². The van der Waals surface area contributed by atoms with E-state index < -0.39 is 0 Å². The number of thiophene rings is 1. The van der Waals surface area contributed by atoms with Crippen LogP contribution < -0.4 is 0 Å². The molecule has 0 saturated heterocycles. The summed E-state index contributed by atoms with van der Waals surface area (Å²) in [4.78, 5) is 15.4. The molecule has 0 unspecified atom stereocenters. The molecule has 2 aromatic heterocycles. The Labute approximate surface area is 369 Å². The van der Waals surface area contributed by atoms with Gasteiger partial charge in [0.2, 0.25) is 0 Å². The standard InChI is InChI=1S/C59H37N3S/c1-3-15-40(16-4-1)57-60-58(41-17-5-2-6-18-41)62-59(61-57)47-35-45(38-29-31-39(32-30-38)49-26-14-27-53-52-25-11-12-28-55(52)63-56(49)53)34-46(36-47)42-20-13-21-43(33-42)54-37-44-19-7-8-22-48(44)50-23-9-10-24-51(50)54/h1-37H. The van der Waals surface area contributed by atoms with Gasteiger partial charge < -0.3 is 0 Å². The van der Waals surface area contributed by atoms with E-state index in [9.17, 15) is 0 Å². The first-order valence-electron chi connectivity index (χ1n) is 21.2. The number of fused-ring (bicyclic) bond motifs is 6. The lowest BCUT2D eigenvalue weighted by atomic mass is 9.90. The third kappa shape index (κ3) is 6.74. The topological polar surface area (TPSA) is 38.7 Å². The molecule has 0 N–H and O–H groups in total. The summed E-state index contributed by atoms with van der Waals surface area (Å²) in [5, 5.41) is 7.59. The van der Waals surface area contributed by atoms with E-state index in [4.69, 9.17) is 15.0 Å². The van der Waals surface area contributed by atoms with Gasteiger partial charge in [0.1, 0.15) is 0 Å². The van der Waals surface area contributed by atoms with Crippen LogP contribution in [0.1, 0.15) is 0 Å². The van der Waals surface area contributed by atoms with Crippen molar-refractivity contribution in [3.63, 3.8) is 0 Å². The molecule has 12 aromatic rings. The largest absolute Gasteiger partial charge is 0.208 e. The highest BCUT2D eigenvalue weighted by molar-refractivity contribution is 7.26. The lowest BCUT2D eigenvalue weighted by molar-refractivity contribution is 1.07. The van der Waals surface area contributed by atoms with Gasteiger partial charge in [-0.25, -0.2) is 15.0 Å². The van der Waals surface area contributed by atoms with Crippen LogP contribution in [0.2, 0.25) is 0 Å². The number of hydrogen-bond donors (Lipinski definition) is 0. The predicted octanol–water partition coefficient (Wildman–Crippen LogP) is 16.2. The summed E-state index contributed by atoms with van der Waals surface area (Å²) in [5.74, 6) is 1.89. The highest BCUT2D eigenvalue weighted by atomic mass is 32.1. The van der Waals surface area contributed by atoms with Crippen LogP contribution in [-0.2, 0) is 0 Å². The fourth-order valence-corrected chi connectivity index (χ4v) is 10.2. The summed E-state index contributed by atoms with van der Waals surface area (Å²) in [5.41, 5.74) is 12.0. The van der Waals surface area contributed by atoms with E-state index in [-0.39, 0.29) is 0 Å². The molecule has 0 aliphatic rings. The molecule has 0 amide bonds. The number of benzene rings is 10. The third-order valence-electron chi connectivity index (χ3n) is 12.1. The Morgan fingerprint density at radius 1 is 0.254 bits per heavy atom. The van der Waals surface area contributed by atoms with Crippen LogP contribution in [0.3, 0.4) is 0 Å². The van der Waals surface area contributed by atoms with Crippen molar-refractivity contribution in [3.05, 3.63) is 224 Å². The average molecular weight is 820 g/mol. The summed E-state index contributed by atoms with van der Waals surface area (Å²) in [6.45, 7) is 0. The van der Waals surface area contributed by atoms with Gasteiger partial charge in [0.25, 0.3) is 0 Å². The third-order valence-corrected chi connectivity index (χ3v) is 13.3. The molecule has 10 aromatic carbocycles. The highest BCUT2D eigenvalue weighted by Crippen LogP contribution is 2.42. The zero-order valence-corrected chi connectivity index (χ0v) is 34.9. The van der Waals surface area contributed by atoms with E-state index in [0.29, 0.717) is 17.5 Å². The second kappa shape index (κ2) is 15.4. The van der Waals surface area contributed by atoms with Gasteiger partial charge in [-0.05, 0) is 102 Å². The van der Waals surface area contributed by atoms with E-state index in [1.807, 2.05) is 47.7 Å². The first-order chi connectivity index (χ1) is 31.2. The summed E-state index contributed by atoms with van der Waals surface area (Å²) >= 11 is 1.86. The minimum Gasteiger partial charge on any atom is -0.208 e. The van der Waals surface area contributed by atoms with Crippen molar-refractivity contribution < 1.29 is 0 Å². The molecule has 0 fully saturated rings.